The number of anilines is 1. The lowest BCUT2D eigenvalue weighted by Gasteiger charge is -2.22. The third kappa shape index (κ3) is 4.25. The van der Waals surface area contributed by atoms with E-state index in [0.717, 1.165) is 26.1 Å². The van der Waals surface area contributed by atoms with Crippen LogP contribution in [-0.4, -0.2) is 53.5 Å². The van der Waals surface area contributed by atoms with Gasteiger partial charge in [-0.2, -0.15) is 0 Å². The first-order chi connectivity index (χ1) is 10.1. The molecule has 0 spiro atoms. The van der Waals surface area contributed by atoms with Crippen LogP contribution in [0.5, 0.6) is 0 Å². The van der Waals surface area contributed by atoms with Gasteiger partial charge in [0.2, 0.25) is 5.95 Å². The smallest absolute Gasteiger partial charge is 0.272 e. The first-order valence-electron chi connectivity index (χ1n) is 7.69. The van der Waals surface area contributed by atoms with Crippen LogP contribution in [0.25, 0.3) is 0 Å². The predicted octanol–water partition coefficient (Wildman–Crippen LogP) is 1.73. The van der Waals surface area contributed by atoms with E-state index in [9.17, 15) is 4.79 Å². The highest BCUT2D eigenvalue weighted by Crippen LogP contribution is 2.29. The third-order valence-electron chi connectivity index (χ3n) is 4.59. The van der Waals surface area contributed by atoms with Gasteiger partial charge in [0.25, 0.3) is 5.91 Å². The van der Waals surface area contributed by atoms with E-state index in [-0.39, 0.29) is 36.1 Å². The van der Waals surface area contributed by atoms with Crippen molar-refractivity contribution in [2.24, 2.45) is 11.1 Å². The Balaban J connectivity index is 0.00000132. The fourth-order valence-corrected chi connectivity index (χ4v) is 3.06. The molecule has 1 aromatic heterocycles. The summed E-state index contributed by atoms with van der Waals surface area (Å²) >= 11 is 0. The molecule has 2 fully saturated rings. The minimum absolute atomic E-state index is 0. The van der Waals surface area contributed by atoms with E-state index in [1.54, 1.807) is 12.3 Å². The molecule has 0 aliphatic carbocycles. The lowest BCUT2D eigenvalue weighted by Crippen LogP contribution is -2.35. The molecule has 6 nitrogen and oxygen atoms in total. The first-order valence-corrected chi connectivity index (χ1v) is 7.69. The van der Waals surface area contributed by atoms with Gasteiger partial charge in [-0.25, -0.2) is 9.97 Å². The van der Waals surface area contributed by atoms with Crippen molar-refractivity contribution in [2.75, 3.05) is 37.6 Å². The average Bonchev–Trinajstić information content (AvgIpc) is 3.17. The van der Waals surface area contributed by atoms with Crippen molar-refractivity contribution in [2.45, 2.75) is 26.2 Å². The highest BCUT2D eigenvalue weighted by atomic mass is 35.5. The first kappa shape index (κ1) is 19.9. The summed E-state index contributed by atoms with van der Waals surface area (Å²) in [7, 11) is 0. The molecule has 1 atom stereocenters. The molecular formula is C15H25Cl2N5O. The fraction of sp³-hybridized carbons (Fsp3) is 0.667. The van der Waals surface area contributed by atoms with Crippen LogP contribution in [0.2, 0.25) is 0 Å². The molecule has 0 radical (unpaired) electrons. The van der Waals surface area contributed by atoms with Crippen molar-refractivity contribution < 1.29 is 4.79 Å². The maximum Gasteiger partial charge on any atom is 0.272 e. The van der Waals surface area contributed by atoms with Crippen LogP contribution in [0.15, 0.2) is 12.3 Å². The molecule has 1 amide bonds. The van der Waals surface area contributed by atoms with E-state index < -0.39 is 0 Å². The van der Waals surface area contributed by atoms with Gasteiger partial charge in [0.05, 0.1) is 0 Å². The highest BCUT2D eigenvalue weighted by molar-refractivity contribution is 5.92. The van der Waals surface area contributed by atoms with E-state index in [1.807, 2.05) is 4.90 Å². The Bertz CT molecular complexity index is 538. The number of carbonyl (C=O) groups is 1. The summed E-state index contributed by atoms with van der Waals surface area (Å²) in [6.07, 6.45) is 4.98. The zero-order valence-corrected chi connectivity index (χ0v) is 15.0. The van der Waals surface area contributed by atoms with Crippen LogP contribution < -0.4 is 10.6 Å². The number of aromatic nitrogens is 2. The standard InChI is InChI=1S/C15H23N5O.2ClH/c1-15(10-16)5-9-20(11-15)13(21)12-4-6-17-14(18-12)19-7-2-3-8-19;;/h4,6H,2-3,5,7-11,16H2,1H3;2*1H. The Morgan fingerprint density at radius 2 is 2.00 bits per heavy atom. The summed E-state index contributed by atoms with van der Waals surface area (Å²) in [5.41, 5.74) is 6.34. The maximum absolute atomic E-state index is 12.6. The largest absolute Gasteiger partial charge is 0.341 e. The maximum atomic E-state index is 12.6. The Kier molecular flexibility index (Phi) is 7.04. The molecule has 130 valence electrons. The second-order valence-electron chi connectivity index (χ2n) is 6.43. The van der Waals surface area contributed by atoms with Crippen LogP contribution >= 0.6 is 24.8 Å². The number of rotatable bonds is 3. The number of likely N-dealkylation sites (tertiary alicyclic amines) is 1. The molecule has 2 saturated heterocycles. The van der Waals surface area contributed by atoms with Gasteiger partial charge >= 0.3 is 0 Å². The molecular weight excluding hydrogens is 337 g/mol. The minimum atomic E-state index is -0.00461. The molecule has 8 heteroatoms. The van der Waals surface area contributed by atoms with Crippen LogP contribution in [0.4, 0.5) is 5.95 Å². The molecule has 1 unspecified atom stereocenters. The summed E-state index contributed by atoms with van der Waals surface area (Å²) in [5.74, 6) is 0.675. The van der Waals surface area contributed by atoms with Crippen molar-refractivity contribution in [1.82, 2.24) is 14.9 Å². The van der Waals surface area contributed by atoms with Crippen LogP contribution in [0, 0.1) is 5.41 Å². The molecule has 1 aromatic rings. The number of halogens is 2. The molecule has 0 aromatic carbocycles. The molecule has 23 heavy (non-hydrogen) atoms. The fourth-order valence-electron chi connectivity index (χ4n) is 3.06. The van der Waals surface area contributed by atoms with Gasteiger partial charge < -0.3 is 15.5 Å². The summed E-state index contributed by atoms with van der Waals surface area (Å²) < 4.78 is 0. The average molecular weight is 362 g/mol. The molecule has 0 saturated carbocycles. The number of amides is 1. The van der Waals surface area contributed by atoms with Gasteiger partial charge in [-0.15, -0.1) is 24.8 Å². The van der Waals surface area contributed by atoms with Crippen LogP contribution in [-0.2, 0) is 0 Å². The SMILES string of the molecule is CC1(CN)CCN(C(=O)c2ccnc(N3CCCC3)n2)C1.Cl.Cl. The molecule has 2 N–H and O–H groups in total. The van der Waals surface area contributed by atoms with Crippen molar-refractivity contribution >= 4 is 36.7 Å². The van der Waals surface area contributed by atoms with Crippen molar-refractivity contribution in [3.05, 3.63) is 18.0 Å². The number of hydrogen-bond acceptors (Lipinski definition) is 5. The number of nitrogens with two attached hydrogens (primary N) is 1. The molecule has 2 aliphatic heterocycles. The topological polar surface area (TPSA) is 75.3 Å². The normalized spacial score (nSPS) is 23.4. The van der Waals surface area contributed by atoms with Gasteiger partial charge in [0, 0.05) is 32.4 Å². The van der Waals surface area contributed by atoms with Crippen LogP contribution in [0.1, 0.15) is 36.7 Å². The lowest BCUT2D eigenvalue weighted by molar-refractivity contribution is 0.0771. The van der Waals surface area contributed by atoms with Crippen molar-refractivity contribution in [3.8, 4) is 0 Å². The number of nitrogens with zero attached hydrogens (tertiary/aromatic N) is 4. The van der Waals surface area contributed by atoms with E-state index in [0.29, 0.717) is 24.7 Å². The lowest BCUT2D eigenvalue weighted by atomic mass is 9.90. The van der Waals surface area contributed by atoms with Gasteiger partial charge in [-0.1, -0.05) is 6.92 Å². The quantitative estimate of drug-likeness (QED) is 0.886. The van der Waals surface area contributed by atoms with Crippen LogP contribution in [0.3, 0.4) is 0 Å². The zero-order chi connectivity index (χ0) is 14.9. The second kappa shape index (κ2) is 8.13. The second-order valence-corrected chi connectivity index (χ2v) is 6.43. The van der Waals surface area contributed by atoms with E-state index in [1.165, 1.54) is 12.8 Å². The van der Waals surface area contributed by atoms with Crippen molar-refractivity contribution in [3.63, 3.8) is 0 Å². The molecule has 0 bridgehead atoms. The third-order valence-corrected chi connectivity index (χ3v) is 4.59. The van der Waals surface area contributed by atoms with E-state index >= 15 is 0 Å². The molecule has 3 rings (SSSR count). The van der Waals surface area contributed by atoms with E-state index in [4.69, 9.17) is 5.73 Å². The Morgan fingerprint density at radius 1 is 1.30 bits per heavy atom. The summed E-state index contributed by atoms with van der Waals surface area (Å²) in [5, 5.41) is 0. The Labute approximate surface area is 149 Å². The Morgan fingerprint density at radius 3 is 2.61 bits per heavy atom. The molecule has 2 aliphatic rings. The predicted molar refractivity (Wildman–Crippen MR) is 95.7 cm³/mol. The minimum Gasteiger partial charge on any atom is -0.341 e. The summed E-state index contributed by atoms with van der Waals surface area (Å²) in [6.45, 7) is 6.18. The van der Waals surface area contributed by atoms with Gasteiger partial charge in [-0.05, 0) is 37.3 Å². The highest BCUT2D eigenvalue weighted by Gasteiger charge is 2.35. The van der Waals surface area contributed by atoms with Gasteiger partial charge in [0.15, 0.2) is 0 Å². The monoisotopic (exact) mass is 361 g/mol. The van der Waals surface area contributed by atoms with E-state index in [2.05, 4.69) is 21.8 Å². The van der Waals surface area contributed by atoms with Gasteiger partial charge in [-0.3, -0.25) is 4.79 Å². The summed E-state index contributed by atoms with van der Waals surface area (Å²) in [4.78, 5) is 25.4. The van der Waals surface area contributed by atoms with Crippen molar-refractivity contribution in [1.29, 1.82) is 0 Å². The number of hydrogen-bond donors (Lipinski definition) is 1. The zero-order valence-electron chi connectivity index (χ0n) is 13.4. The Hall–Kier alpha value is -1.11. The number of carbonyl (C=O) groups excluding carboxylic acids is 1. The van der Waals surface area contributed by atoms with Gasteiger partial charge in [0.1, 0.15) is 5.69 Å². The summed E-state index contributed by atoms with van der Waals surface area (Å²) in [6, 6.07) is 1.71. The molecule has 3 heterocycles.